The lowest BCUT2D eigenvalue weighted by Gasteiger charge is -2.05. The highest BCUT2D eigenvalue weighted by Crippen LogP contribution is 2.22. The molecule has 0 saturated heterocycles. The summed E-state index contributed by atoms with van der Waals surface area (Å²) in [5.74, 6) is -2.92. The van der Waals surface area contributed by atoms with Gasteiger partial charge in [0.1, 0.15) is 11.3 Å². The molecular formula is C11H7F2NO2. The summed E-state index contributed by atoms with van der Waals surface area (Å²) in [6.07, 6.45) is 0. The Kier molecular flexibility index (Phi) is 2.30. The Hall–Kier alpha value is -2.04. The molecule has 3 nitrogen and oxygen atoms in total. The minimum absolute atomic E-state index is 0.0319. The molecular weight excluding hydrogens is 216 g/mol. The number of carboxylic acids is 1. The summed E-state index contributed by atoms with van der Waals surface area (Å²) in [7, 11) is 0. The highest BCUT2D eigenvalue weighted by atomic mass is 19.1. The van der Waals surface area contributed by atoms with Gasteiger partial charge in [-0.05, 0) is 19.1 Å². The van der Waals surface area contributed by atoms with Gasteiger partial charge in [-0.2, -0.15) is 0 Å². The average molecular weight is 223 g/mol. The van der Waals surface area contributed by atoms with Crippen LogP contribution in [0.25, 0.3) is 10.9 Å². The lowest BCUT2D eigenvalue weighted by atomic mass is 10.1. The number of aromatic carboxylic acids is 1. The van der Waals surface area contributed by atoms with Crippen LogP contribution in [0.4, 0.5) is 8.78 Å². The van der Waals surface area contributed by atoms with E-state index in [4.69, 9.17) is 5.11 Å². The number of pyridine rings is 1. The summed E-state index contributed by atoms with van der Waals surface area (Å²) in [5.41, 5.74) is 0.0927. The molecule has 1 aromatic carbocycles. The number of rotatable bonds is 1. The van der Waals surface area contributed by atoms with Gasteiger partial charge >= 0.3 is 5.97 Å². The second kappa shape index (κ2) is 3.52. The van der Waals surface area contributed by atoms with Gasteiger partial charge < -0.3 is 5.11 Å². The van der Waals surface area contributed by atoms with Crippen LogP contribution in [-0.2, 0) is 0 Å². The quantitative estimate of drug-likeness (QED) is 0.808. The molecule has 0 fully saturated rings. The van der Waals surface area contributed by atoms with Crippen LogP contribution in [0.1, 0.15) is 16.1 Å². The first-order valence-electron chi connectivity index (χ1n) is 4.48. The van der Waals surface area contributed by atoms with Crippen molar-refractivity contribution in [3.63, 3.8) is 0 Å². The van der Waals surface area contributed by atoms with Gasteiger partial charge in [-0.15, -0.1) is 0 Å². The molecule has 0 aliphatic heterocycles. The molecule has 0 atom stereocenters. The van der Waals surface area contributed by atoms with Crippen molar-refractivity contribution in [1.82, 2.24) is 4.98 Å². The van der Waals surface area contributed by atoms with Crippen molar-refractivity contribution in [2.24, 2.45) is 0 Å². The lowest BCUT2D eigenvalue weighted by molar-refractivity contribution is 0.0699. The third kappa shape index (κ3) is 1.60. The zero-order valence-electron chi connectivity index (χ0n) is 8.29. The number of halogens is 2. The molecule has 0 amide bonds. The predicted octanol–water partition coefficient (Wildman–Crippen LogP) is 2.52. The van der Waals surface area contributed by atoms with E-state index in [9.17, 15) is 13.6 Å². The van der Waals surface area contributed by atoms with E-state index >= 15 is 0 Å². The largest absolute Gasteiger partial charge is 0.478 e. The molecule has 5 heteroatoms. The second-order valence-electron chi connectivity index (χ2n) is 3.40. The zero-order valence-corrected chi connectivity index (χ0v) is 8.29. The van der Waals surface area contributed by atoms with Crippen molar-refractivity contribution in [1.29, 1.82) is 0 Å². The van der Waals surface area contributed by atoms with Gasteiger partial charge in [0, 0.05) is 17.1 Å². The molecule has 0 spiro atoms. The minimum atomic E-state index is -1.24. The van der Waals surface area contributed by atoms with Crippen LogP contribution in [0.2, 0.25) is 0 Å². The molecule has 2 rings (SSSR count). The Morgan fingerprint density at radius 1 is 1.31 bits per heavy atom. The molecule has 0 saturated carbocycles. The number of hydrogen-bond donors (Lipinski definition) is 1. The van der Waals surface area contributed by atoms with Crippen LogP contribution >= 0.6 is 0 Å². The van der Waals surface area contributed by atoms with E-state index in [-0.39, 0.29) is 16.5 Å². The second-order valence-corrected chi connectivity index (χ2v) is 3.40. The molecule has 16 heavy (non-hydrogen) atoms. The van der Waals surface area contributed by atoms with E-state index in [0.29, 0.717) is 11.8 Å². The van der Waals surface area contributed by atoms with E-state index in [1.165, 1.54) is 6.07 Å². The Bertz CT molecular complexity index is 596. The Labute approximate surface area is 89.3 Å². The maximum Gasteiger partial charge on any atom is 0.336 e. The summed E-state index contributed by atoms with van der Waals surface area (Å²) < 4.78 is 26.4. The SMILES string of the molecule is Cc1cc(C(=O)O)c2cc(F)cc(F)c2n1. The Morgan fingerprint density at radius 3 is 2.62 bits per heavy atom. The first kappa shape index (κ1) is 10.5. The Morgan fingerprint density at radius 2 is 2.00 bits per heavy atom. The van der Waals surface area contributed by atoms with Gasteiger partial charge in [0.25, 0.3) is 0 Å². The predicted molar refractivity (Wildman–Crippen MR) is 53.4 cm³/mol. The van der Waals surface area contributed by atoms with Crippen LogP contribution in [-0.4, -0.2) is 16.1 Å². The third-order valence-corrected chi connectivity index (χ3v) is 2.19. The maximum absolute atomic E-state index is 13.4. The number of aryl methyl sites for hydroxylation is 1. The summed E-state index contributed by atoms with van der Waals surface area (Å²) in [6, 6.07) is 2.93. The number of carbonyl (C=O) groups is 1. The highest BCUT2D eigenvalue weighted by Gasteiger charge is 2.14. The van der Waals surface area contributed by atoms with Gasteiger partial charge in [-0.1, -0.05) is 0 Å². The van der Waals surface area contributed by atoms with Crippen LogP contribution in [0.15, 0.2) is 18.2 Å². The molecule has 0 aliphatic carbocycles. The first-order chi connectivity index (χ1) is 7.49. The fourth-order valence-corrected chi connectivity index (χ4v) is 1.56. The molecule has 1 heterocycles. The monoisotopic (exact) mass is 223 g/mol. The van der Waals surface area contributed by atoms with Crippen LogP contribution in [0.3, 0.4) is 0 Å². The van der Waals surface area contributed by atoms with Crippen molar-refractivity contribution in [3.05, 3.63) is 41.1 Å². The molecule has 82 valence electrons. The van der Waals surface area contributed by atoms with Crippen LogP contribution in [0, 0.1) is 18.6 Å². The average Bonchev–Trinajstić information content (AvgIpc) is 2.18. The molecule has 2 aromatic rings. The maximum atomic E-state index is 13.4. The number of hydrogen-bond acceptors (Lipinski definition) is 2. The van der Waals surface area contributed by atoms with E-state index in [1.54, 1.807) is 6.92 Å². The van der Waals surface area contributed by atoms with Gasteiger partial charge in [0.05, 0.1) is 5.56 Å². The van der Waals surface area contributed by atoms with Crippen molar-refractivity contribution in [2.75, 3.05) is 0 Å². The van der Waals surface area contributed by atoms with Gasteiger partial charge in [0.2, 0.25) is 0 Å². The molecule has 0 unspecified atom stereocenters. The van der Waals surface area contributed by atoms with Crippen molar-refractivity contribution >= 4 is 16.9 Å². The standard InChI is InChI=1S/C11H7F2NO2/c1-5-2-8(11(15)16)7-3-6(12)4-9(13)10(7)14-5/h2-4H,1H3,(H,15,16). The fraction of sp³-hybridized carbons (Fsp3) is 0.0909. The number of carboxylic acid groups (broad SMARTS) is 1. The summed E-state index contributed by atoms with van der Waals surface area (Å²) in [6.45, 7) is 1.55. The van der Waals surface area contributed by atoms with Crippen molar-refractivity contribution < 1.29 is 18.7 Å². The van der Waals surface area contributed by atoms with Crippen molar-refractivity contribution in [2.45, 2.75) is 6.92 Å². The Balaban J connectivity index is 2.95. The summed E-state index contributed by atoms with van der Waals surface area (Å²) in [5, 5.41) is 8.88. The number of aromatic nitrogens is 1. The molecule has 0 bridgehead atoms. The smallest absolute Gasteiger partial charge is 0.336 e. The van der Waals surface area contributed by atoms with Crippen molar-refractivity contribution in [3.8, 4) is 0 Å². The molecule has 0 radical (unpaired) electrons. The van der Waals surface area contributed by atoms with Crippen LogP contribution in [0.5, 0.6) is 0 Å². The topological polar surface area (TPSA) is 50.2 Å². The summed E-state index contributed by atoms with van der Waals surface area (Å²) >= 11 is 0. The number of benzene rings is 1. The molecule has 1 aromatic heterocycles. The summed E-state index contributed by atoms with van der Waals surface area (Å²) in [4.78, 5) is 14.8. The zero-order chi connectivity index (χ0) is 11.9. The fourth-order valence-electron chi connectivity index (χ4n) is 1.56. The molecule has 0 aliphatic rings. The van der Waals surface area contributed by atoms with Crippen LogP contribution < -0.4 is 0 Å². The first-order valence-corrected chi connectivity index (χ1v) is 4.48. The number of nitrogens with zero attached hydrogens (tertiary/aromatic N) is 1. The van der Waals surface area contributed by atoms with E-state index in [1.807, 2.05) is 0 Å². The highest BCUT2D eigenvalue weighted by molar-refractivity contribution is 6.02. The molecule has 1 N–H and O–H groups in total. The van der Waals surface area contributed by atoms with Gasteiger partial charge in [-0.3, -0.25) is 0 Å². The van der Waals surface area contributed by atoms with Gasteiger partial charge in [0.15, 0.2) is 5.82 Å². The number of fused-ring (bicyclic) bond motifs is 1. The normalized spacial score (nSPS) is 10.7. The van der Waals surface area contributed by atoms with Gasteiger partial charge in [-0.25, -0.2) is 18.6 Å². The van der Waals surface area contributed by atoms with E-state index in [2.05, 4.69) is 4.98 Å². The van der Waals surface area contributed by atoms with E-state index in [0.717, 1.165) is 6.07 Å². The third-order valence-electron chi connectivity index (χ3n) is 2.19. The van der Waals surface area contributed by atoms with E-state index < -0.39 is 17.6 Å². The lowest BCUT2D eigenvalue weighted by Crippen LogP contribution is -2.01. The minimum Gasteiger partial charge on any atom is -0.478 e.